The quantitative estimate of drug-likeness (QED) is 0.712. The van der Waals surface area contributed by atoms with Gasteiger partial charge in [-0.05, 0) is 25.5 Å². The first-order chi connectivity index (χ1) is 6.79. The zero-order chi connectivity index (χ0) is 9.97. The van der Waals surface area contributed by atoms with Crippen LogP contribution in [0.1, 0.15) is 18.5 Å². The number of hydrogen-bond donors (Lipinski definition) is 0. The van der Waals surface area contributed by atoms with Crippen molar-refractivity contribution in [3.8, 4) is 0 Å². The monoisotopic (exact) mass is 213 g/mol. The fourth-order valence-corrected chi connectivity index (χ4v) is 2.38. The minimum absolute atomic E-state index is 0.554. The molecule has 1 aromatic heterocycles. The van der Waals surface area contributed by atoms with E-state index in [1.165, 1.54) is 12.8 Å². The van der Waals surface area contributed by atoms with Gasteiger partial charge in [0, 0.05) is 31.7 Å². The second-order valence-corrected chi connectivity index (χ2v) is 4.21. The normalized spacial score (nSPS) is 23.1. The molecule has 0 amide bonds. The van der Waals surface area contributed by atoms with Crippen LogP contribution in [0, 0.1) is 0 Å². The first-order valence-corrected chi connectivity index (χ1v) is 5.61. The van der Waals surface area contributed by atoms with Crippen LogP contribution in [0.25, 0.3) is 0 Å². The molecule has 1 atom stereocenters. The van der Waals surface area contributed by atoms with Crippen molar-refractivity contribution in [2.45, 2.75) is 25.4 Å². The maximum absolute atomic E-state index is 5.91. The highest BCUT2D eigenvalue weighted by Gasteiger charge is 2.23. The van der Waals surface area contributed by atoms with Gasteiger partial charge < -0.3 is 0 Å². The first kappa shape index (κ1) is 9.99. The summed E-state index contributed by atoms with van der Waals surface area (Å²) in [6.45, 7) is 2.10. The summed E-state index contributed by atoms with van der Waals surface area (Å²) in [7, 11) is 1.95. The zero-order valence-corrected chi connectivity index (χ0v) is 9.24. The summed E-state index contributed by atoms with van der Waals surface area (Å²) in [5, 5.41) is 4.37. The molecule has 78 valence electrons. The van der Waals surface area contributed by atoms with Crippen LogP contribution in [0.4, 0.5) is 0 Å². The molecule has 1 fully saturated rings. The van der Waals surface area contributed by atoms with E-state index in [4.69, 9.17) is 11.6 Å². The van der Waals surface area contributed by atoms with Gasteiger partial charge in [0.1, 0.15) is 0 Å². The number of aryl methyl sites for hydroxylation is 1. The smallest absolute Gasteiger partial charge is 0.0764 e. The van der Waals surface area contributed by atoms with Crippen LogP contribution in [-0.4, -0.2) is 33.1 Å². The molecule has 1 aliphatic heterocycles. The molecule has 1 unspecified atom stereocenters. The fourth-order valence-electron chi connectivity index (χ4n) is 2.03. The Morgan fingerprint density at radius 1 is 1.64 bits per heavy atom. The number of aromatic nitrogens is 2. The zero-order valence-electron chi connectivity index (χ0n) is 8.49. The third kappa shape index (κ3) is 2.10. The SMILES string of the molecule is Cn1ccc(CN2CCCC2CCl)n1. The van der Waals surface area contributed by atoms with E-state index < -0.39 is 0 Å². The van der Waals surface area contributed by atoms with Gasteiger partial charge in [0.25, 0.3) is 0 Å². The lowest BCUT2D eigenvalue weighted by molar-refractivity contribution is 0.259. The summed E-state index contributed by atoms with van der Waals surface area (Å²) < 4.78 is 1.85. The predicted molar refractivity (Wildman–Crippen MR) is 57.4 cm³/mol. The molecule has 0 bridgehead atoms. The average molecular weight is 214 g/mol. The van der Waals surface area contributed by atoms with Crippen LogP contribution in [-0.2, 0) is 13.6 Å². The van der Waals surface area contributed by atoms with Gasteiger partial charge in [0.05, 0.1) is 5.69 Å². The molecule has 0 aliphatic carbocycles. The van der Waals surface area contributed by atoms with Crippen LogP contribution in [0.3, 0.4) is 0 Å². The fraction of sp³-hybridized carbons (Fsp3) is 0.700. The minimum Gasteiger partial charge on any atom is -0.293 e. The standard InChI is InChI=1S/C10H16ClN3/c1-13-6-4-9(12-13)8-14-5-2-3-10(14)7-11/h4,6,10H,2-3,5,7-8H2,1H3. The Kier molecular flexibility index (Phi) is 3.08. The average Bonchev–Trinajstić information content (AvgIpc) is 2.76. The molecule has 2 heterocycles. The van der Waals surface area contributed by atoms with Gasteiger partial charge in [-0.15, -0.1) is 11.6 Å². The molecule has 1 aliphatic rings. The van der Waals surface area contributed by atoms with Gasteiger partial charge >= 0.3 is 0 Å². The van der Waals surface area contributed by atoms with Crippen LogP contribution in [0.15, 0.2) is 12.3 Å². The molecule has 1 aromatic rings. The maximum atomic E-state index is 5.91. The van der Waals surface area contributed by atoms with Crippen molar-refractivity contribution in [1.29, 1.82) is 0 Å². The van der Waals surface area contributed by atoms with Crippen molar-refractivity contribution in [3.63, 3.8) is 0 Å². The van der Waals surface area contributed by atoms with Gasteiger partial charge in [-0.2, -0.15) is 5.10 Å². The van der Waals surface area contributed by atoms with Crippen LogP contribution >= 0.6 is 11.6 Å². The maximum Gasteiger partial charge on any atom is 0.0764 e. The lowest BCUT2D eigenvalue weighted by Crippen LogP contribution is -2.30. The van der Waals surface area contributed by atoms with E-state index in [1.54, 1.807) is 0 Å². The molecule has 0 aromatic carbocycles. The summed E-state index contributed by atoms with van der Waals surface area (Å²) in [5.74, 6) is 0.743. The Balaban J connectivity index is 1.96. The van der Waals surface area contributed by atoms with Crippen molar-refractivity contribution in [1.82, 2.24) is 14.7 Å². The van der Waals surface area contributed by atoms with E-state index in [-0.39, 0.29) is 0 Å². The highest BCUT2D eigenvalue weighted by molar-refractivity contribution is 6.18. The summed E-state index contributed by atoms with van der Waals surface area (Å²) >= 11 is 5.91. The third-order valence-electron chi connectivity index (χ3n) is 2.81. The number of halogens is 1. The number of nitrogens with zero attached hydrogens (tertiary/aromatic N) is 3. The Labute approximate surface area is 89.7 Å². The lowest BCUT2D eigenvalue weighted by Gasteiger charge is -2.21. The largest absolute Gasteiger partial charge is 0.293 e. The highest BCUT2D eigenvalue weighted by atomic mass is 35.5. The Hall–Kier alpha value is -0.540. The van der Waals surface area contributed by atoms with Crippen molar-refractivity contribution >= 4 is 11.6 Å². The molecule has 14 heavy (non-hydrogen) atoms. The predicted octanol–water partition coefficient (Wildman–Crippen LogP) is 1.62. The van der Waals surface area contributed by atoms with Crippen molar-refractivity contribution < 1.29 is 0 Å². The molecule has 0 spiro atoms. The van der Waals surface area contributed by atoms with Gasteiger partial charge in [0.15, 0.2) is 0 Å². The van der Waals surface area contributed by atoms with Gasteiger partial charge in [-0.3, -0.25) is 9.58 Å². The second-order valence-electron chi connectivity index (χ2n) is 3.90. The molecule has 0 saturated carbocycles. The molecular weight excluding hydrogens is 198 g/mol. The number of alkyl halides is 1. The van der Waals surface area contributed by atoms with E-state index in [9.17, 15) is 0 Å². The highest BCUT2D eigenvalue weighted by Crippen LogP contribution is 2.20. The van der Waals surface area contributed by atoms with Crippen molar-refractivity contribution in [2.24, 2.45) is 7.05 Å². The van der Waals surface area contributed by atoms with Gasteiger partial charge in [0.2, 0.25) is 0 Å². The molecule has 1 saturated heterocycles. The molecule has 2 rings (SSSR count). The number of rotatable bonds is 3. The minimum atomic E-state index is 0.554. The summed E-state index contributed by atoms with van der Waals surface area (Å²) in [6, 6.07) is 2.63. The Morgan fingerprint density at radius 2 is 2.50 bits per heavy atom. The van der Waals surface area contributed by atoms with Gasteiger partial charge in [-0.25, -0.2) is 0 Å². The summed E-state index contributed by atoms with van der Waals surface area (Å²) in [5.41, 5.74) is 1.14. The van der Waals surface area contributed by atoms with Crippen molar-refractivity contribution in [3.05, 3.63) is 18.0 Å². The summed E-state index contributed by atoms with van der Waals surface area (Å²) in [6.07, 6.45) is 4.49. The number of hydrogen-bond acceptors (Lipinski definition) is 2. The molecule has 0 N–H and O–H groups in total. The molecule has 4 heteroatoms. The first-order valence-electron chi connectivity index (χ1n) is 5.08. The molecule has 3 nitrogen and oxygen atoms in total. The Bertz CT molecular complexity index is 297. The van der Waals surface area contributed by atoms with E-state index in [1.807, 2.05) is 17.9 Å². The van der Waals surface area contributed by atoms with Gasteiger partial charge in [-0.1, -0.05) is 0 Å². The Morgan fingerprint density at radius 3 is 3.14 bits per heavy atom. The van der Waals surface area contributed by atoms with Crippen LogP contribution in [0.5, 0.6) is 0 Å². The van der Waals surface area contributed by atoms with Crippen LogP contribution < -0.4 is 0 Å². The van der Waals surface area contributed by atoms with Crippen LogP contribution in [0.2, 0.25) is 0 Å². The molecule has 0 radical (unpaired) electrons. The topological polar surface area (TPSA) is 21.1 Å². The lowest BCUT2D eigenvalue weighted by atomic mass is 10.2. The molecular formula is C10H16ClN3. The van der Waals surface area contributed by atoms with E-state index in [2.05, 4.69) is 16.1 Å². The second kappa shape index (κ2) is 4.32. The summed E-state index contributed by atoms with van der Waals surface area (Å²) in [4.78, 5) is 2.43. The van der Waals surface area contributed by atoms with E-state index >= 15 is 0 Å². The number of likely N-dealkylation sites (tertiary alicyclic amines) is 1. The van der Waals surface area contributed by atoms with Crippen molar-refractivity contribution in [2.75, 3.05) is 12.4 Å². The van der Waals surface area contributed by atoms with E-state index in [0.717, 1.165) is 24.7 Å². The third-order valence-corrected chi connectivity index (χ3v) is 3.17. The van der Waals surface area contributed by atoms with E-state index in [0.29, 0.717) is 6.04 Å².